The van der Waals surface area contributed by atoms with Crippen LogP contribution in [0.4, 0.5) is 8.78 Å². The van der Waals surface area contributed by atoms with Crippen molar-refractivity contribution in [1.29, 1.82) is 0 Å². The van der Waals surface area contributed by atoms with E-state index in [0.717, 1.165) is 12.1 Å². The molecule has 2 N–H and O–H groups in total. The van der Waals surface area contributed by atoms with Gasteiger partial charge in [0.15, 0.2) is 0 Å². The van der Waals surface area contributed by atoms with Gasteiger partial charge in [-0.05, 0) is 50.2 Å². The van der Waals surface area contributed by atoms with Crippen molar-refractivity contribution in [3.05, 3.63) is 59.2 Å². The molecule has 0 aliphatic carbocycles. The molecule has 0 aliphatic heterocycles. The highest BCUT2D eigenvalue weighted by Crippen LogP contribution is 2.21. The van der Waals surface area contributed by atoms with E-state index >= 15 is 0 Å². The number of phenols is 2. The Hall–Kier alpha value is -3.24. The highest BCUT2D eigenvalue weighted by atomic mass is 19.1. The Morgan fingerprint density at radius 2 is 1.15 bits per heavy atom. The van der Waals surface area contributed by atoms with Gasteiger partial charge in [0.05, 0.1) is 26.3 Å². The molecule has 0 aliphatic rings. The number of carbonyl (C=O) groups excluding carboxylic acids is 2. The summed E-state index contributed by atoms with van der Waals surface area (Å²) in [5.74, 6) is -2.31. The normalized spacial score (nSPS) is 11.1. The van der Waals surface area contributed by atoms with Crippen LogP contribution in [0.25, 0.3) is 0 Å². The molecule has 34 heavy (non-hydrogen) atoms. The maximum absolute atomic E-state index is 13.7. The molecule has 8 nitrogen and oxygen atoms in total. The molecule has 0 saturated carbocycles. The van der Waals surface area contributed by atoms with Crippen LogP contribution in [0, 0.1) is 11.6 Å². The van der Waals surface area contributed by atoms with Crippen LogP contribution in [-0.2, 0) is 32.2 Å². The minimum absolute atomic E-state index is 0.0425. The summed E-state index contributed by atoms with van der Waals surface area (Å²) >= 11 is 0. The molecule has 2 aromatic carbocycles. The summed E-state index contributed by atoms with van der Waals surface area (Å²) in [6.45, 7) is 3.96. The number of benzene rings is 2. The average molecular weight is 481 g/mol. The fraction of sp³-hybridized carbons (Fsp3) is 0.417. The smallest absolute Gasteiger partial charge is 0.320 e. The number of halogens is 2. The molecule has 0 heterocycles. The van der Waals surface area contributed by atoms with E-state index in [2.05, 4.69) is 0 Å². The topological polar surface area (TPSA) is 99.5 Å². The Morgan fingerprint density at radius 1 is 0.765 bits per heavy atom. The van der Waals surface area contributed by atoms with Crippen molar-refractivity contribution in [3.8, 4) is 11.5 Å². The number of hydrogen-bond donors (Lipinski definition) is 2. The quantitative estimate of drug-likeness (QED) is 0.423. The number of rotatable bonds is 13. The van der Waals surface area contributed by atoms with E-state index in [1.54, 1.807) is 23.6 Å². The molecule has 0 spiro atoms. The molecule has 0 atom stereocenters. The van der Waals surface area contributed by atoms with Crippen LogP contribution in [0.2, 0.25) is 0 Å². The molecule has 0 aromatic heterocycles. The number of carbonyl (C=O) groups is 2. The van der Waals surface area contributed by atoms with E-state index in [4.69, 9.17) is 9.47 Å². The molecule has 0 radical (unpaired) electrons. The minimum Gasteiger partial charge on any atom is -0.508 e. The Bertz CT molecular complexity index is 895. The summed E-state index contributed by atoms with van der Waals surface area (Å²) in [5.41, 5.74) is 0.563. The molecule has 0 bridgehead atoms. The van der Waals surface area contributed by atoms with Gasteiger partial charge in [0.1, 0.15) is 23.1 Å². The second-order valence-corrected chi connectivity index (χ2v) is 7.58. The van der Waals surface area contributed by atoms with Gasteiger partial charge in [-0.15, -0.1) is 0 Å². The van der Waals surface area contributed by atoms with Crippen molar-refractivity contribution in [2.24, 2.45) is 0 Å². The summed E-state index contributed by atoms with van der Waals surface area (Å²) in [6.07, 6.45) is 0. The third kappa shape index (κ3) is 8.95. The van der Waals surface area contributed by atoms with E-state index in [1.807, 2.05) is 0 Å². The van der Waals surface area contributed by atoms with Crippen LogP contribution in [-0.4, -0.2) is 71.3 Å². The Labute approximate surface area is 197 Å². The maximum Gasteiger partial charge on any atom is 0.320 e. The van der Waals surface area contributed by atoms with Crippen molar-refractivity contribution >= 4 is 11.9 Å². The molecular weight excluding hydrogens is 450 g/mol. The first kappa shape index (κ1) is 27.0. The number of aromatic hydroxyl groups is 2. The Kier molecular flexibility index (Phi) is 10.7. The first-order chi connectivity index (χ1) is 16.2. The summed E-state index contributed by atoms with van der Waals surface area (Å²) in [7, 11) is 0. The molecule has 10 heteroatoms. The molecule has 0 fully saturated rings. The Morgan fingerprint density at radius 3 is 1.50 bits per heavy atom. The molecule has 0 saturated heterocycles. The summed E-state index contributed by atoms with van der Waals surface area (Å²) in [5, 5.41) is 20.2. The first-order valence-electron chi connectivity index (χ1n) is 10.9. The lowest BCUT2D eigenvalue weighted by Crippen LogP contribution is -2.40. The molecule has 0 amide bonds. The number of esters is 2. The van der Waals surface area contributed by atoms with Crippen LogP contribution in [0.15, 0.2) is 36.4 Å². The van der Waals surface area contributed by atoms with Gasteiger partial charge < -0.3 is 19.7 Å². The van der Waals surface area contributed by atoms with E-state index in [1.165, 1.54) is 24.3 Å². The predicted molar refractivity (Wildman–Crippen MR) is 120 cm³/mol. The van der Waals surface area contributed by atoms with Gasteiger partial charge >= 0.3 is 11.9 Å². The van der Waals surface area contributed by atoms with Crippen LogP contribution in [0.3, 0.4) is 0 Å². The van der Waals surface area contributed by atoms with Crippen LogP contribution < -0.4 is 0 Å². The summed E-state index contributed by atoms with van der Waals surface area (Å²) in [6, 6.07) is 7.06. The van der Waals surface area contributed by atoms with Gasteiger partial charge in [0.2, 0.25) is 0 Å². The minimum atomic E-state index is -0.533. The molecule has 2 rings (SSSR count). The molecule has 186 valence electrons. The molecule has 2 aromatic rings. The maximum atomic E-state index is 13.7. The lowest BCUT2D eigenvalue weighted by atomic mass is 10.1. The largest absolute Gasteiger partial charge is 0.508 e. The standard InChI is InChI=1S/C24H30F2N2O6/c1-3-33-23(31)15-27(13-17-11-19(25)5-7-21(17)29)9-10-28(16-24(32)34-4-2)14-18-12-20(26)6-8-22(18)30/h5-8,11-12,29-30H,3-4,9-10,13-16H2,1-2H3. The zero-order chi connectivity index (χ0) is 25.1. The highest BCUT2D eigenvalue weighted by Gasteiger charge is 2.19. The number of ether oxygens (including phenoxy) is 2. The van der Waals surface area contributed by atoms with Crippen molar-refractivity contribution in [1.82, 2.24) is 9.80 Å². The van der Waals surface area contributed by atoms with E-state index in [-0.39, 0.29) is 75.1 Å². The summed E-state index contributed by atoms with van der Waals surface area (Å²) in [4.78, 5) is 27.5. The zero-order valence-corrected chi connectivity index (χ0v) is 19.3. The number of hydrogen-bond acceptors (Lipinski definition) is 8. The van der Waals surface area contributed by atoms with Crippen molar-refractivity contribution < 1.29 is 38.1 Å². The molecular formula is C24H30F2N2O6. The fourth-order valence-corrected chi connectivity index (χ4v) is 3.33. The van der Waals surface area contributed by atoms with Gasteiger partial charge in [0.25, 0.3) is 0 Å². The lowest BCUT2D eigenvalue weighted by Gasteiger charge is -2.27. The monoisotopic (exact) mass is 480 g/mol. The van der Waals surface area contributed by atoms with E-state index in [0.29, 0.717) is 0 Å². The second-order valence-electron chi connectivity index (χ2n) is 7.58. The first-order valence-corrected chi connectivity index (χ1v) is 10.9. The van der Waals surface area contributed by atoms with E-state index in [9.17, 15) is 28.6 Å². The third-order valence-corrected chi connectivity index (χ3v) is 4.92. The second kappa shape index (κ2) is 13.5. The third-order valence-electron chi connectivity index (χ3n) is 4.92. The Balaban J connectivity index is 2.19. The number of phenolic OH excluding ortho intramolecular Hbond substituents is 2. The molecule has 0 unspecified atom stereocenters. The van der Waals surface area contributed by atoms with Crippen LogP contribution >= 0.6 is 0 Å². The van der Waals surface area contributed by atoms with Crippen molar-refractivity contribution in [2.75, 3.05) is 39.4 Å². The SMILES string of the molecule is CCOC(=O)CN(CCN(CC(=O)OCC)Cc1cc(F)ccc1O)Cc1cc(F)ccc1O. The van der Waals surface area contributed by atoms with Gasteiger partial charge in [-0.2, -0.15) is 0 Å². The van der Waals surface area contributed by atoms with Gasteiger partial charge in [-0.3, -0.25) is 19.4 Å². The lowest BCUT2D eigenvalue weighted by molar-refractivity contribution is -0.146. The van der Waals surface area contributed by atoms with Crippen LogP contribution in [0.5, 0.6) is 11.5 Å². The predicted octanol–water partition coefficient (Wildman–Crippen LogP) is 2.81. The van der Waals surface area contributed by atoms with E-state index < -0.39 is 23.6 Å². The van der Waals surface area contributed by atoms with Crippen molar-refractivity contribution in [3.63, 3.8) is 0 Å². The van der Waals surface area contributed by atoms with Gasteiger partial charge in [0, 0.05) is 37.3 Å². The average Bonchev–Trinajstić information content (AvgIpc) is 2.77. The highest BCUT2D eigenvalue weighted by molar-refractivity contribution is 5.72. The fourth-order valence-electron chi connectivity index (χ4n) is 3.33. The van der Waals surface area contributed by atoms with Crippen molar-refractivity contribution in [2.45, 2.75) is 26.9 Å². The van der Waals surface area contributed by atoms with Gasteiger partial charge in [-0.25, -0.2) is 8.78 Å². The van der Waals surface area contributed by atoms with Crippen LogP contribution in [0.1, 0.15) is 25.0 Å². The number of nitrogens with zero attached hydrogens (tertiary/aromatic N) is 2. The summed E-state index contributed by atoms with van der Waals surface area (Å²) < 4.78 is 37.4. The zero-order valence-electron chi connectivity index (χ0n) is 19.3. The van der Waals surface area contributed by atoms with Gasteiger partial charge in [-0.1, -0.05) is 0 Å².